The second-order valence-electron chi connectivity index (χ2n) is 9.33. The summed E-state index contributed by atoms with van der Waals surface area (Å²) in [6.07, 6.45) is 6.50. The Bertz CT molecular complexity index is 1600. The quantitative estimate of drug-likeness (QED) is 0.329. The van der Waals surface area contributed by atoms with E-state index in [0.717, 1.165) is 36.7 Å². The molecule has 10 heteroatoms. The molecule has 4 aromatic rings. The van der Waals surface area contributed by atoms with Gasteiger partial charge in [0.05, 0.1) is 44.8 Å². The van der Waals surface area contributed by atoms with Crippen LogP contribution in [-0.4, -0.2) is 31.1 Å². The Labute approximate surface area is 227 Å². The molecule has 1 amide bonds. The number of nitriles is 1. The fraction of sp³-hybridized carbons (Fsp3) is 0.296. The number of carbonyl (C=O) groups is 1. The molecule has 37 heavy (non-hydrogen) atoms. The maximum atomic E-state index is 13.6. The van der Waals surface area contributed by atoms with Crippen LogP contribution in [0.2, 0.25) is 5.02 Å². The molecule has 8 nitrogen and oxygen atoms in total. The van der Waals surface area contributed by atoms with Gasteiger partial charge in [-0.3, -0.25) is 18.9 Å². The highest BCUT2D eigenvalue weighted by Crippen LogP contribution is 2.28. The van der Waals surface area contributed by atoms with Crippen LogP contribution in [0.25, 0.3) is 16.7 Å². The zero-order chi connectivity index (χ0) is 26.1. The van der Waals surface area contributed by atoms with Gasteiger partial charge in [-0.15, -0.1) is 0 Å². The summed E-state index contributed by atoms with van der Waals surface area (Å²) in [5, 5.41) is 13.2. The molecule has 0 unspecified atom stereocenters. The van der Waals surface area contributed by atoms with Gasteiger partial charge in [0.15, 0.2) is 0 Å². The maximum Gasteiger partial charge on any atom is 0.333 e. The van der Waals surface area contributed by atoms with Crippen molar-refractivity contribution < 1.29 is 4.79 Å². The van der Waals surface area contributed by atoms with Gasteiger partial charge in [-0.1, -0.05) is 23.7 Å². The van der Waals surface area contributed by atoms with Crippen molar-refractivity contribution in [1.82, 2.24) is 24.4 Å². The van der Waals surface area contributed by atoms with E-state index in [0.29, 0.717) is 38.7 Å². The number of pyridine rings is 2. The summed E-state index contributed by atoms with van der Waals surface area (Å²) in [7, 11) is 0. The monoisotopic (exact) mass is 578 g/mol. The molecule has 1 aliphatic rings. The third-order valence-corrected chi connectivity index (χ3v) is 7.61. The Kier molecular flexibility index (Phi) is 7.13. The smallest absolute Gasteiger partial charge is 0.333 e. The molecule has 0 bridgehead atoms. The molecule has 1 aliphatic carbocycles. The number of hydrogen-bond acceptors (Lipinski definition) is 5. The summed E-state index contributed by atoms with van der Waals surface area (Å²) in [6.45, 7) is 2.36. The molecule has 0 aliphatic heterocycles. The SMILES string of the molecule is Cc1ncc(Cl)cc1C(=O)NC1CCC(Cn2c(=O)n(-c3cnc(Br)cc3C#N)c3ccccc32)CC1. The molecule has 188 valence electrons. The Balaban J connectivity index is 1.34. The molecule has 1 N–H and O–H groups in total. The number of rotatable bonds is 5. The summed E-state index contributed by atoms with van der Waals surface area (Å²) < 4.78 is 3.90. The van der Waals surface area contributed by atoms with Crippen molar-refractivity contribution in [3.63, 3.8) is 0 Å². The van der Waals surface area contributed by atoms with Gasteiger partial charge in [0, 0.05) is 18.8 Å². The minimum absolute atomic E-state index is 0.0622. The Morgan fingerprint density at radius 3 is 2.62 bits per heavy atom. The minimum Gasteiger partial charge on any atom is -0.349 e. The lowest BCUT2D eigenvalue weighted by Crippen LogP contribution is -2.39. The summed E-state index contributed by atoms with van der Waals surface area (Å²) in [6, 6.07) is 13.1. The van der Waals surface area contributed by atoms with Gasteiger partial charge in [0.2, 0.25) is 0 Å². The Morgan fingerprint density at radius 1 is 1.16 bits per heavy atom. The number of halogens is 2. The molecule has 0 spiro atoms. The van der Waals surface area contributed by atoms with Crippen molar-refractivity contribution in [2.45, 2.75) is 45.2 Å². The van der Waals surface area contributed by atoms with Crippen LogP contribution in [0.15, 0.2) is 58.2 Å². The molecule has 0 radical (unpaired) electrons. The fourth-order valence-corrected chi connectivity index (χ4v) is 5.55. The van der Waals surface area contributed by atoms with E-state index in [2.05, 4.69) is 37.3 Å². The number of nitrogens with zero attached hydrogens (tertiary/aromatic N) is 5. The van der Waals surface area contributed by atoms with Crippen LogP contribution < -0.4 is 11.0 Å². The zero-order valence-electron chi connectivity index (χ0n) is 20.1. The molecule has 5 rings (SSSR count). The lowest BCUT2D eigenvalue weighted by Gasteiger charge is -2.29. The van der Waals surface area contributed by atoms with E-state index in [-0.39, 0.29) is 23.6 Å². The first-order chi connectivity index (χ1) is 17.9. The molecular weight excluding hydrogens is 556 g/mol. The number of aromatic nitrogens is 4. The largest absolute Gasteiger partial charge is 0.349 e. The first-order valence-corrected chi connectivity index (χ1v) is 13.2. The van der Waals surface area contributed by atoms with Gasteiger partial charge >= 0.3 is 5.69 Å². The number of amides is 1. The summed E-state index contributed by atoms with van der Waals surface area (Å²) in [5.41, 5.74) is 3.33. The van der Waals surface area contributed by atoms with E-state index < -0.39 is 0 Å². The number of fused-ring (bicyclic) bond motifs is 1. The van der Waals surface area contributed by atoms with E-state index in [1.54, 1.807) is 34.4 Å². The number of aryl methyl sites for hydroxylation is 1. The molecule has 3 heterocycles. The standard InChI is InChI=1S/C27H24BrClN6O2/c1-16-21(11-19(29)13-31-16)26(36)33-20-8-6-17(7-9-20)15-34-22-4-2-3-5-23(22)35(27(34)37)24-14-32-25(28)10-18(24)12-30/h2-5,10-11,13-14,17,20H,6-9,15H2,1H3,(H,33,36). The predicted octanol–water partition coefficient (Wildman–Crippen LogP) is 5.17. The van der Waals surface area contributed by atoms with Crippen molar-refractivity contribution in [3.8, 4) is 11.8 Å². The van der Waals surface area contributed by atoms with Crippen molar-refractivity contribution in [2.24, 2.45) is 5.92 Å². The molecule has 0 atom stereocenters. The molecule has 1 fully saturated rings. The predicted molar refractivity (Wildman–Crippen MR) is 145 cm³/mol. The van der Waals surface area contributed by atoms with Gasteiger partial charge in [-0.05, 0) is 78.7 Å². The van der Waals surface area contributed by atoms with Crippen molar-refractivity contribution in [1.29, 1.82) is 5.26 Å². The van der Waals surface area contributed by atoms with Crippen LogP contribution in [0.5, 0.6) is 0 Å². The number of hydrogen-bond donors (Lipinski definition) is 1. The van der Waals surface area contributed by atoms with Crippen LogP contribution in [0.3, 0.4) is 0 Å². The van der Waals surface area contributed by atoms with Gasteiger partial charge in [-0.25, -0.2) is 9.78 Å². The van der Waals surface area contributed by atoms with Gasteiger partial charge < -0.3 is 5.32 Å². The van der Waals surface area contributed by atoms with Gasteiger partial charge in [0.1, 0.15) is 10.7 Å². The maximum absolute atomic E-state index is 13.6. The molecule has 1 saturated carbocycles. The molecule has 1 aromatic carbocycles. The van der Waals surface area contributed by atoms with Crippen LogP contribution >= 0.6 is 27.5 Å². The number of nitrogens with one attached hydrogen (secondary N) is 1. The van der Waals surface area contributed by atoms with E-state index >= 15 is 0 Å². The van der Waals surface area contributed by atoms with E-state index in [4.69, 9.17) is 11.6 Å². The number of benzene rings is 1. The van der Waals surface area contributed by atoms with Crippen molar-refractivity contribution in [2.75, 3.05) is 0 Å². The average Bonchev–Trinajstić information content (AvgIpc) is 3.17. The second-order valence-corrected chi connectivity index (χ2v) is 10.6. The van der Waals surface area contributed by atoms with Gasteiger partial charge in [0.25, 0.3) is 5.91 Å². The molecular formula is C27H24BrClN6O2. The Hall–Kier alpha value is -3.48. The van der Waals surface area contributed by atoms with Crippen molar-refractivity contribution in [3.05, 3.63) is 85.7 Å². The average molecular weight is 580 g/mol. The van der Waals surface area contributed by atoms with E-state index in [1.807, 2.05) is 24.3 Å². The normalized spacial score (nSPS) is 17.5. The van der Waals surface area contributed by atoms with Gasteiger partial charge in [-0.2, -0.15) is 5.26 Å². The topological polar surface area (TPSA) is 106 Å². The van der Waals surface area contributed by atoms with E-state index in [9.17, 15) is 14.9 Å². The summed E-state index contributed by atoms with van der Waals surface area (Å²) >= 11 is 9.32. The third-order valence-electron chi connectivity index (χ3n) is 6.97. The minimum atomic E-state index is -0.193. The van der Waals surface area contributed by atoms with Crippen LogP contribution in [-0.2, 0) is 6.54 Å². The highest BCUT2D eigenvalue weighted by Gasteiger charge is 2.26. The first-order valence-electron chi connectivity index (χ1n) is 12.0. The Morgan fingerprint density at radius 2 is 1.89 bits per heavy atom. The fourth-order valence-electron chi connectivity index (χ4n) is 5.06. The van der Waals surface area contributed by atoms with Crippen LogP contribution in [0.4, 0.5) is 0 Å². The molecule has 0 saturated heterocycles. The lowest BCUT2D eigenvalue weighted by molar-refractivity contribution is 0.0919. The number of imidazole rings is 1. The zero-order valence-corrected chi connectivity index (χ0v) is 22.5. The number of carbonyl (C=O) groups excluding carboxylic acids is 1. The highest BCUT2D eigenvalue weighted by atomic mass is 79.9. The van der Waals surface area contributed by atoms with E-state index in [1.165, 1.54) is 6.20 Å². The lowest BCUT2D eigenvalue weighted by atomic mass is 9.85. The summed E-state index contributed by atoms with van der Waals surface area (Å²) in [4.78, 5) is 34.8. The van der Waals surface area contributed by atoms with Crippen LogP contribution in [0.1, 0.15) is 47.3 Å². The first kappa shape index (κ1) is 25.2. The third kappa shape index (κ3) is 5.04. The summed E-state index contributed by atoms with van der Waals surface area (Å²) in [5.74, 6) is 0.129. The highest BCUT2D eigenvalue weighted by molar-refractivity contribution is 9.10. The van der Waals surface area contributed by atoms with Crippen LogP contribution in [0, 0.1) is 24.2 Å². The number of para-hydroxylation sites is 2. The van der Waals surface area contributed by atoms with Crippen molar-refractivity contribution >= 4 is 44.5 Å². The second kappa shape index (κ2) is 10.5. The molecule has 3 aromatic heterocycles.